The quantitative estimate of drug-likeness (QED) is 0.773. The Balaban J connectivity index is 1.96. The van der Waals surface area contributed by atoms with Gasteiger partial charge in [0.2, 0.25) is 5.91 Å². The Morgan fingerprint density at radius 3 is 2.95 bits per heavy atom. The summed E-state index contributed by atoms with van der Waals surface area (Å²) in [6.07, 6.45) is 6.37. The summed E-state index contributed by atoms with van der Waals surface area (Å²) in [6, 6.07) is 4.63. The second kappa shape index (κ2) is 5.35. The Labute approximate surface area is 120 Å². The lowest BCUT2D eigenvalue weighted by atomic mass is 10.0. The second-order valence-electron chi connectivity index (χ2n) is 6.01. The Kier molecular flexibility index (Phi) is 3.55. The van der Waals surface area contributed by atoms with Gasteiger partial charge in [0.1, 0.15) is 0 Å². The first-order valence-electron chi connectivity index (χ1n) is 7.64. The number of hydrogen-bond acceptors (Lipinski definition) is 3. The van der Waals surface area contributed by atoms with Crippen molar-refractivity contribution < 1.29 is 4.79 Å². The lowest BCUT2D eigenvalue weighted by Crippen LogP contribution is -2.33. The van der Waals surface area contributed by atoms with Gasteiger partial charge in [0.15, 0.2) is 0 Å². The van der Waals surface area contributed by atoms with E-state index < -0.39 is 0 Å². The number of carbonyl (C=O) groups excluding carboxylic acids is 1. The maximum Gasteiger partial charge on any atom is 0.224 e. The smallest absolute Gasteiger partial charge is 0.224 e. The molecule has 1 aromatic rings. The molecule has 1 fully saturated rings. The maximum atomic E-state index is 11.6. The van der Waals surface area contributed by atoms with E-state index in [2.05, 4.69) is 23.2 Å². The Morgan fingerprint density at radius 2 is 2.10 bits per heavy atom. The molecule has 1 saturated heterocycles. The molecule has 2 aliphatic rings. The third-order valence-electron chi connectivity index (χ3n) is 4.51. The van der Waals surface area contributed by atoms with E-state index in [-0.39, 0.29) is 5.91 Å². The normalized spacial score (nSPS) is 22.9. The second-order valence-corrected chi connectivity index (χ2v) is 6.01. The molecule has 0 aliphatic carbocycles. The molecule has 0 aromatic heterocycles. The molecule has 4 nitrogen and oxygen atoms in total. The van der Waals surface area contributed by atoms with Gasteiger partial charge < -0.3 is 16.0 Å². The molecule has 2 heterocycles. The summed E-state index contributed by atoms with van der Waals surface area (Å²) >= 11 is 0. The fourth-order valence-corrected chi connectivity index (χ4v) is 3.32. The van der Waals surface area contributed by atoms with Gasteiger partial charge in [-0.2, -0.15) is 0 Å². The number of fused-ring (bicyclic) bond motifs is 1. The minimum Gasteiger partial charge on any atom is -0.397 e. The number of nitrogens with two attached hydrogens (primary N) is 1. The molecule has 108 valence electrons. The van der Waals surface area contributed by atoms with Crippen LogP contribution in [0.2, 0.25) is 0 Å². The lowest BCUT2D eigenvalue weighted by Gasteiger charge is -2.32. The summed E-state index contributed by atoms with van der Waals surface area (Å²) in [6.45, 7) is 3.32. The molecule has 1 atom stereocenters. The van der Waals surface area contributed by atoms with Crippen molar-refractivity contribution in [2.24, 2.45) is 0 Å². The number of rotatable bonds is 1. The molecule has 2 aliphatic heterocycles. The fraction of sp³-hybridized carbons (Fsp3) is 0.562. The predicted molar refractivity (Wildman–Crippen MR) is 83.1 cm³/mol. The largest absolute Gasteiger partial charge is 0.397 e. The Bertz CT molecular complexity index is 527. The summed E-state index contributed by atoms with van der Waals surface area (Å²) in [4.78, 5) is 14.0. The zero-order chi connectivity index (χ0) is 14.1. The first kappa shape index (κ1) is 13.3. The van der Waals surface area contributed by atoms with Crippen molar-refractivity contribution in [2.45, 2.75) is 51.5 Å². The van der Waals surface area contributed by atoms with E-state index in [1.54, 1.807) is 0 Å². The van der Waals surface area contributed by atoms with Crippen LogP contribution >= 0.6 is 0 Å². The number of hydrogen-bond donors (Lipinski definition) is 2. The van der Waals surface area contributed by atoms with Crippen LogP contribution in [0, 0.1) is 0 Å². The van der Waals surface area contributed by atoms with Gasteiger partial charge in [-0.15, -0.1) is 0 Å². The van der Waals surface area contributed by atoms with Crippen LogP contribution in [-0.2, 0) is 11.2 Å². The molecule has 3 rings (SSSR count). The van der Waals surface area contributed by atoms with Crippen LogP contribution in [-0.4, -0.2) is 18.5 Å². The average molecular weight is 273 g/mol. The van der Waals surface area contributed by atoms with E-state index in [1.165, 1.54) is 25.7 Å². The highest BCUT2D eigenvalue weighted by Crippen LogP contribution is 2.35. The van der Waals surface area contributed by atoms with Gasteiger partial charge >= 0.3 is 0 Å². The van der Waals surface area contributed by atoms with Crippen LogP contribution in [0.25, 0.3) is 0 Å². The van der Waals surface area contributed by atoms with Crippen LogP contribution in [0.5, 0.6) is 0 Å². The first-order valence-corrected chi connectivity index (χ1v) is 7.64. The number of carbonyl (C=O) groups is 1. The molecule has 4 heteroatoms. The van der Waals surface area contributed by atoms with Crippen LogP contribution in [0.3, 0.4) is 0 Å². The third kappa shape index (κ3) is 2.47. The molecule has 0 saturated carbocycles. The summed E-state index contributed by atoms with van der Waals surface area (Å²) in [5.41, 5.74) is 10.3. The molecule has 0 bridgehead atoms. The number of nitrogens with zero attached hydrogens (tertiary/aromatic N) is 1. The maximum absolute atomic E-state index is 11.6. The zero-order valence-corrected chi connectivity index (χ0v) is 12.1. The highest BCUT2D eigenvalue weighted by atomic mass is 16.1. The number of anilines is 3. The molecule has 0 spiro atoms. The average Bonchev–Trinajstić information content (AvgIpc) is 2.63. The summed E-state index contributed by atoms with van der Waals surface area (Å²) in [5.74, 6) is 0.108. The lowest BCUT2D eigenvalue weighted by molar-refractivity contribution is -0.116. The first-order chi connectivity index (χ1) is 9.65. The minimum atomic E-state index is 0.108. The van der Waals surface area contributed by atoms with Crippen molar-refractivity contribution in [1.82, 2.24) is 0 Å². The van der Waals surface area contributed by atoms with E-state index in [4.69, 9.17) is 5.73 Å². The molecule has 0 radical (unpaired) electrons. The molecular weight excluding hydrogens is 250 g/mol. The van der Waals surface area contributed by atoms with Gasteiger partial charge in [0.05, 0.1) is 11.4 Å². The SMILES string of the molecule is CC1CCCCCN1c1cc2c(cc1N)CCC(=O)N2. The van der Waals surface area contributed by atoms with Gasteiger partial charge in [-0.05, 0) is 43.9 Å². The Morgan fingerprint density at radius 1 is 1.25 bits per heavy atom. The van der Waals surface area contributed by atoms with Gasteiger partial charge in [0.25, 0.3) is 0 Å². The standard InChI is InChI=1S/C16H23N3O/c1-11-5-3-2-4-8-19(11)15-10-14-12(9-13(15)17)6-7-16(20)18-14/h9-11H,2-8,17H2,1H3,(H,18,20). The van der Waals surface area contributed by atoms with Crippen molar-refractivity contribution >= 4 is 23.0 Å². The number of benzene rings is 1. The van der Waals surface area contributed by atoms with Gasteiger partial charge in [-0.3, -0.25) is 4.79 Å². The summed E-state index contributed by atoms with van der Waals surface area (Å²) < 4.78 is 0. The molecule has 1 amide bonds. The number of nitrogens with one attached hydrogen (secondary N) is 1. The van der Waals surface area contributed by atoms with E-state index in [1.807, 2.05) is 6.07 Å². The number of amides is 1. The number of nitrogen functional groups attached to an aromatic ring is 1. The molecule has 20 heavy (non-hydrogen) atoms. The highest BCUT2D eigenvalue weighted by molar-refractivity contribution is 5.95. The Hall–Kier alpha value is -1.71. The molecule has 1 aromatic carbocycles. The van der Waals surface area contributed by atoms with E-state index >= 15 is 0 Å². The van der Waals surface area contributed by atoms with Crippen molar-refractivity contribution in [3.63, 3.8) is 0 Å². The fourth-order valence-electron chi connectivity index (χ4n) is 3.32. The van der Waals surface area contributed by atoms with Crippen molar-refractivity contribution in [3.8, 4) is 0 Å². The van der Waals surface area contributed by atoms with Gasteiger partial charge in [0, 0.05) is 24.7 Å². The van der Waals surface area contributed by atoms with Gasteiger partial charge in [-0.1, -0.05) is 12.8 Å². The topological polar surface area (TPSA) is 58.4 Å². The highest BCUT2D eigenvalue weighted by Gasteiger charge is 2.22. The van der Waals surface area contributed by atoms with E-state index in [9.17, 15) is 4.79 Å². The number of aryl methyl sites for hydroxylation is 1. The third-order valence-corrected chi connectivity index (χ3v) is 4.51. The minimum absolute atomic E-state index is 0.108. The predicted octanol–water partition coefficient (Wildman–Crippen LogP) is 2.92. The summed E-state index contributed by atoms with van der Waals surface area (Å²) in [7, 11) is 0. The van der Waals surface area contributed by atoms with Crippen LogP contribution in [0.15, 0.2) is 12.1 Å². The van der Waals surface area contributed by atoms with Crippen molar-refractivity contribution in [1.29, 1.82) is 0 Å². The van der Waals surface area contributed by atoms with Crippen LogP contribution in [0.4, 0.5) is 17.1 Å². The summed E-state index contributed by atoms with van der Waals surface area (Å²) in [5, 5.41) is 2.98. The van der Waals surface area contributed by atoms with E-state index in [0.29, 0.717) is 12.5 Å². The molecule has 1 unspecified atom stereocenters. The zero-order valence-electron chi connectivity index (χ0n) is 12.1. The molecule has 3 N–H and O–H groups in total. The molecular formula is C16H23N3O. The van der Waals surface area contributed by atoms with E-state index in [0.717, 1.165) is 35.6 Å². The van der Waals surface area contributed by atoms with Crippen molar-refractivity contribution in [3.05, 3.63) is 17.7 Å². The van der Waals surface area contributed by atoms with Crippen molar-refractivity contribution in [2.75, 3.05) is 22.5 Å². The van der Waals surface area contributed by atoms with Gasteiger partial charge in [-0.25, -0.2) is 0 Å². The monoisotopic (exact) mass is 273 g/mol. The van der Waals surface area contributed by atoms with Crippen LogP contribution in [0.1, 0.15) is 44.6 Å². The van der Waals surface area contributed by atoms with Crippen LogP contribution < -0.4 is 16.0 Å².